The number of nitrogens with zero attached hydrogens (tertiary/aromatic N) is 2. The summed E-state index contributed by atoms with van der Waals surface area (Å²) in [5, 5.41) is 11.6. The number of benzene rings is 4. The van der Waals surface area contributed by atoms with Crippen LogP contribution in [0.3, 0.4) is 0 Å². The summed E-state index contributed by atoms with van der Waals surface area (Å²) in [5.74, 6) is 1.82. The third-order valence-corrected chi connectivity index (χ3v) is 6.42. The molecular weight excluding hydrogens is 408 g/mol. The zero-order valence-electron chi connectivity index (χ0n) is 18.7. The van der Waals surface area contributed by atoms with E-state index in [-0.39, 0.29) is 12.0 Å². The van der Waals surface area contributed by atoms with E-state index in [4.69, 9.17) is 14.5 Å². The Morgan fingerprint density at radius 2 is 1.36 bits per heavy atom. The second-order valence-corrected chi connectivity index (χ2v) is 8.18. The molecule has 0 radical (unpaired) electrons. The van der Waals surface area contributed by atoms with Crippen molar-refractivity contribution >= 4 is 16.5 Å². The molecule has 0 saturated heterocycles. The van der Waals surface area contributed by atoms with Gasteiger partial charge in [0, 0.05) is 16.9 Å². The van der Waals surface area contributed by atoms with Crippen LogP contribution in [0.2, 0.25) is 0 Å². The molecule has 1 aliphatic rings. The molecule has 0 amide bonds. The lowest BCUT2D eigenvalue weighted by molar-refractivity contribution is 0.414. The normalized spacial score (nSPS) is 17.4. The Kier molecular flexibility index (Phi) is 5.54. The molecule has 0 bridgehead atoms. The van der Waals surface area contributed by atoms with Crippen LogP contribution in [0.5, 0.6) is 11.5 Å². The molecule has 1 aliphatic heterocycles. The summed E-state index contributed by atoms with van der Waals surface area (Å²) in [5.41, 5.74) is 5.20. The van der Waals surface area contributed by atoms with Crippen LogP contribution in [0, 0.1) is 11.3 Å². The molecule has 0 aliphatic carbocycles. The fourth-order valence-electron chi connectivity index (χ4n) is 4.69. The standard InChI is InChI=1S/C29H24N2O2/c1-32-22-12-7-19(8-13-22)27-17-28(20-9-14-23(33-2)15-10-20)31-29(27)26-16-11-21(18-30)24-5-3-4-6-25(24)26/h3-16,27-28H,17H2,1-2H3. The van der Waals surface area contributed by atoms with Gasteiger partial charge in [-0.05, 0) is 53.3 Å². The highest BCUT2D eigenvalue weighted by Gasteiger charge is 2.32. The Hall–Kier alpha value is -4.10. The monoisotopic (exact) mass is 432 g/mol. The Balaban J connectivity index is 1.64. The number of methoxy groups -OCH3 is 2. The first-order valence-electron chi connectivity index (χ1n) is 11.0. The topological polar surface area (TPSA) is 54.6 Å². The molecule has 4 nitrogen and oxygen atoms in total. The van der Waals surface area contributed by atoms with Crippen LogP contribution in [-0.4, -0.2) is 19.9 Å². The lowest BCUT2D eigenvalue weighted by Crippen LogP contribution is -2.10. The van der Waals surface area contributed by atoms with E-state index in [1.165, 1.54) is 11.1 Å². The Morgan fingerprint density at radius 1 is 0.758 bits per heavy atom. The minimum atomic E-state index is 0.0485. The van der Waals surface area contributed by atoms with Crippen LogP contribution in [0.15, 0.2) is 89.9 Å². The van der Waals surface area contributed by atoms with Gasteiger partial charge in [0.2, 0.25) is 0 Å². The van der Waals surface area contributed by atoms with Gasteiger partial charge >= 0.3 is 0 Å². The molecule has 0 saturated carbocycles. The Morgan fingerprint density at radius 3 is 1.97 bits per heavy atom. The van der Waals surface area contributed by atoms with Gasteiger partial charge in [-0.1, -0.05) is 54.6 Å². The smallest absolute Gasteiger partial charge is 0.118 e. The van der Waals surface area contributed by atoms with Crippen molar-refractivity contribution in [3.63, 3.8) is 0 Å². The lowest BCUT2D eigenvalue weighted by atomic mass is 9.85. The molecular formula is C29H24N2O2. The van der Waals surface area contributed by atoms with Crippen molar-refractivity contribution in [3.05, 3.63) is 107 Å². The summed E-state index contributed by atoms with van der Waals surface area (Å²) in [6.07, 6.45) is 0.877. The van der Waals surface area contributed by atoms with Gasteiger partial charge in [-0.2, -0.15) is 5.26 Å². The van der Waals surface area contributed by atoms with Gasteiger partial charge in [-0.15, -0.1) is 0 Å². The SMILES string of the molecule is COc1ccc(C2CC(c3ccc(OC)cc3)C(c3ccc(C#N)c4ccccc34)=N2)cc1. The van der Waals surface area contributed by atoms with Gasteiger partial charge < -0.3 is 9.47 Å². The molecule has 2 unspecified atom stereocenters. The number of nitriles is 1. The maximum Gasteiger partial charge on any atom is 0.118 e. The number of ether oxygens (including phenoxy) is 2. The summed E-state index contributed by atoms with van der Waals surface area (Å²) in [6.45, 7) is 0. The van der Waals surface area contributed by atoms with Crippen LogP contribution in [-0.2, 0) is 0 Å². The number of aliphatic imine (C=N–C) groups is 1. The van der Waals surface area contributed by atoms with Gasteiger partial charge in [0.1, 0.15) is 11.5 Å². The first-order chi connectivity index (χ1) is 16.2. The van der Waals surface area contributed by atoms with Crippen molar-refractivity contribution in [2.45, 2.75) is 18.4 Å². The van der Waals surface area contributed by atoms with E-state index < -0.39 is 0 Å². The van der Waals surface area contributed by atoms with E-state index in [0.29, 0.717) is 5.56 Å². The largest absolute Gasteiger partial charge is 0.497 e. The molecule has 4 heteroatoms. The first-order valence-corrected chi connectivity index (χ1v) is 11.0. The molecule has 4 aromatic carbocycles. The summed E-state index contributed by atoms with van der Waals surface area (Å²) in [6, 6.07) is 30.8. The maximum atomic E-state index is 9.60. The van der Waals surface area contributed by atoms with Gasteiger partial charge in [0.05, 0.1) is 37.6 Å². The van der Waals surface area contributed by atoms with Crippen molar-refractivity contribution in [2.75, 3.05) is 14.2 Å². The first kappa shape index (κ1) is 20.8. The van der Waals surface area contributed by atoms with Crippen molar-refractivity contribution in [2.24, 2.45) is 4.99 Å². The highest BCUT2D eigenvalue weighted by atomic mass is 16.5. The number of rotatable bonds is 5. The average molecular weight is 433 g/mol. The van der Waals surface area contributed by atoms with E-state index in [1.807, 2.05) is 54.6 Å². The minimum Gasteiger partial charge on any atom is -0.497 e. The van der Waals surface area contributed by atoms with Gasteiger partial charge in [-0.25, -0.2) is 0 Å². The van der Waals surface area contributed by atoms with Crippen LogP contribution in [0.1, 0.15) is 40.6 Å². The van der Waals surface area contributed by atoms with Gasteiger partial charge in [0.15, 0.2) is 0 Å². The van der Waals surface area contributed by atoms with Crippen LogP contribution in [0.4, 0.5) is 0 Å². The van der Waals surface area contributed by atoms with E-state index in [2.05, 4.69) is 36.4 Å². The Bertz CT molecular complexity index is 1370. The quantitative estimate of drug-likeness (QED) is 0.364. The van der Waals surface area contributed by atoms with Crippen LogP contribution >= 0.6 is 0 Å². The van der Waals surface area contributed by atoms with E-state index in [9.17, 15) is 5.26 Å². The van der Waals surface area contributed by atoms with Crippen molar-refractivity contribution in [3.8, 4) is 17.6 Å². The molecule has 33 heavy (non-hydrogen) atoms. The van der Waals surface area contributed by atoms with Crippen LogP contribution < -0.4 is 9.47 Å². The fourth-order valence-corrected chi connectivity index (χ4v) is 4.69. The van der Waals surface area contributed by atoms with Crippen molar-refractivity contribution < 1.29 is 9.47 Å². The molecule has 0 N–H and O–H groups in total. The molecule has 5 rings (SSSR count). The summed E-state index contributed by atoms with van der Waals surface area (Å²) < 4.78 is 10.7. The second kappa shape index (κ2) is 8.80. The predicted molar refractivity (Wildman–Crippen MR) is 131 cm³/mol. The zero-order chi connectivity index (χ0) is 22.8. The average Bonchev–Trinajstić information content (AvgIpc) is 3.33. The predicted octanol–water partition coefficient (Wildman–Crippen LogP) is 6.45. The molecule has 2 atom stereocenters. The minimum absolute atomic E-state index is 0.0485. The van der Waals surface area contributed by atoms with E-state index in [0.717, 1.165) is 40.0 Å². The molecule has 162 valence electrons. The third kappa shape index (κ3) is 3.83. The highest BCUT2D eigenvalue weighted by molar-refractivity contribution is 6.15. The zero-order valence-corrected chi connectivity index (χ0v) is 18.7. The number of hydrogen-bond acceptors (Lipinski definition) is 4. The molecule has 4 aromatic rings. The molecule has 0 aromatic heterocycles. The molecule has 1 heterocycles. The molecule has 0 fully saturated rings. The molecule has 0 spiro atoms. The van der Waals surface area contributed by atoms with Gasteiger partial charge in [-0.3, -0.25) is 4.99 Å². The van der Waals surface area contributed by atoms with E-state index >= 15 is 0 Å². The van der Waals surface area contributed by atoms with Gasteiger partial charge in [0.25, 0.3) is 0 Å². The summed E-state index contributed by atoms with van der Waals surface area (Å²) in [4.78, 5) is 5.25. The second-order valence-electron chi connectivity index (χ2n) is 8.18. The Labute approximate surface area is 193 Å². The summed E-state index contributed by atoms with van der Waals surface area (Å²) >= 11 is 0. The number of fused-ring (bicyclic) bond motifs is 1. The summed E-state index contributed by atoms with van der Waals surface area (Å²) in [7, 11) is 3.36. The van der Waals surface area contributed by atoms with E-state index in [1.54, 1.807) is 14.2 Å². The number of hydrogen-bond donors (Lipinski definition) is 0. The lowest BCUT2D eigenvalue weighted by Gasteiger charge is -2.17. The highest BCUT2D eigenvalue weighted by Crippen LogP contribution is 2.42. The van der Waals surface area contributed by atoms with Crippen molar-refractivity contribution in [1.82, 2.24) is 0 Å². The third-order valence-electron chi connectivity index (χ3n) is 6.42. The fraction of sp³-hybridized carbons (Fsp3) is 0.172. The maximum absolute atomic E-state index is 9.60. The van der Waals surface area contributed by atoms with Crippen LogP contribution in [0.25, 0.3) is 10.8 Å². The van der Waals surface area contributed by atoms with Crippen molar-refractivity contribution in [1.29, 1.82) is 5.26 Å².